The van der Waals surface area contributed by atoms with E-state index in [1.165, 1.54) is 0 Å². The van der Waals surface area contributed by atoms with Crippen molar-refractivity contribution in [2.24, 2.45) is 5.92 Å². The van der Waals surface area contributed by atoms with E-state index in [9.17, 15) is 0 Å². The van der Waals surface area contributed by atoms with Crippen LogP contribution in [0.3, 0.4) is 0 Å². The van der Waals surface area contributed by atoms with Crippen molar-refractivity contribution in [3.63, 3.8) is 0 Å². The van der Waals surface area contributed by atoms with Crippen LogP contribution in [0.25, 0.3) is 0 Å². The van der Waals surface area contributed by atoms with Crippen LogP contribution >= 0.6 is 11.6 Å². The van der Waals surface area contributed by atoms with Gasteiger partial charge in [-0.3, -0.25) is 0 Å². The molecule has 0 unspecified atom stereocenters. The molecule has 2 rings (SSSR count). The van der Waals surface area contributed by atoms with E-state index >= 15 is 0 Å². The summed E-state index contributed by atoms with van der Waals surface area (Å²) in [5.74, 6) is 2.03. The monoisotopic (exact) mass is 278 g/mol. The number of hydrogen-bond acceptors (Lipinski definition) is 3. The fourth-order valence-electron chi connectivity index (χ4n) is 1.87. The molecule has 0 atom stereocenters. The third-order valence-corrected chi connectivity index (χ3v) is 3.07. The SMILES string of the molecule is CC(C)Cn1ncnc1CNc1cccc(CCl)c1. The molecule has 102 valence electrons. The van der Waals surface area contributed by atoms with Crippen LogP contribution in [0.4, 0.5) is 5.69 Å². The van der Waals surface area contributed by atoms with Gasteiger partial charge >= 0.3 is 0 Å². The Labute approximate surface area is 118 Å². The minimum absolute atomic E-state index is 0.527. The van der Waals surface area contributed by atoms with Gasteiger partial charge in [0.1, 0.15) is 12.2 Å². The van der Waals surface area contributed by atoms with Crippen molar-refractivity contribution in [3.8, 4) is 0 Å². The highest BCUT2D eigenvalue weighted by atomic mass is 35.5. The largest absolute Gasteiger partial charge is 0.378 e. The van der Waals surface area contributed by atoms with Crippen LogP contribution in [-0.2, 0) is 19.0 Å². The molecular weight excluding hydrogens is 260 g/mol. The molecule has 0 amide bonds. The van der Waals surface area contributed by atoms with E-state index in [4.69, 9.17) is 11.6 Å². The molecule has 0 bridgehead atoms. The smallest absolute Gasteiger partial charge is 0.146 e. The Morgan fingerprint density at radius 3 is 2.95 bits per heavy atom. The van der Waals surface area contributed by atoms with E-state index in [0.717, 1.165) is 23.6 Å². The van der Waals surface area contributed by atoms with Crippen LogP contribution < -0.4 is 5.32 Å². The van der Waals surface area contributed by atoms with Crippen molar-refractivity contribution < 1.29 is 0 Å². The number of nitrogens with zero attached hydrogens (tertiary/aromatic N) is 3. The van der Waals surface area contributed by atoms with E-state index in [-0.39, 0.29) is 0 Å². The summed E-state index contributed by atoms with van der Waals surface area (Å²) < 4.78 is 1.95. The van der Waals surface area contributed by atoms with Gasteiger partial charge in [0.25, 0.3) is 0 Å². The van der Waals surface area contributed by atoms with E-state index in [1.807, 2.05) is 22.9 Å². The quantitative estimate of drug-likeness (QED) is 0.825. The second-order valence-corrected chi connectivity index (χ2v) is 5.21. The topological polar surface area (TPSA) is 42.7 Å². The third kappa shape index (κ3) is 3.96. The molecule has 1 aromatic carbocycles. The summed E-state index contributed by atoms with van der Waals surface area (Å²) in [5, 5.41) is 7.60. The van der Waals surface area contributed by atoms with E-state index in [0.29, 0.717) is 18.3 Å². The van der Waals surface area contributed by atoms with Crippen LogP contribution in [0.2, 0.25) is 0 Å². The molecule has 0 saturated heterocycles. The number of halogens is 1. The highest BCUT2D eigenvalue weighted by Crippen LogP contribution is 2.13. The summed E-state index contributed by atoms with van der Waals surface area (Å²) >= 11 is 5.83. The third-order valence-electron chi connectivity index (χ3n) is 2.77. The lowest BCUT2D eigenvalue weighted by Crippen LogP contribution is -2.13. The predicted octanol–water partition coefficient (Wildman–Crippen LogP) is 3.29. The lowest BCUT2D eigenvalue weighted by Gasteiger charge is -2.10. The first-order valence-corrected chi connectivity index (χ1v) is 6.98. The highest BCUT2D eigenvalue weighted by molar-refractivity contribution is 6.17. The minimum Gasteiger partial charge on any atom is -0.378 e. The van der Waals surface area contributed by atoms with Gasteiger partial charge in [0.15, 0.2) is 0 Å². The van der Waals surface area contributed by atoms with E-state index < -0.39 is 0 Å². The number of hydrogen-bond donors (Lipinski definition) is 1. The molecule has 5 heteroatoms. The number of nitrogens with one attached hydrogen (secondary N) is 1. The lowest BCUT2D eigenvalue weighted by atomic mass is 10.2. The average Bonchev–Trinajstić information content (AvgIpc) is 2.83. The van der Waals surface area contributed by atoms with Crippen LogP contribution in [0.15, 0.2) is 30.6 Å². The summed E-state index contributed by atoms with van der Waals surface area (Å²) in [7, 11) is 0. The minimum atomic E-state index is 0.527. The zero-order valence-corrected chi connectivity index (χ0v) is 12.1. The molecule has 2 aromatic rings. The molecule has 1 heterocycles. The summed E-state index contributed by atoms with van der Waals surface area (Å²) in [6, 6.07) is 8.09. The number of alkyl halides is 1. The maximum absolute atomic E-state index is 5.83. The Balaban J connectivity index is 2.00. The van der Waals surface area contributed by atoms with E-state index in [1.54, 1.807) is 6.33 Å². The molecule has 0 aliphatic heterocycles. The number of benzene rings is 1. The van der Waals surface area contributed by atoms with Gasteiger partial charge in [-0.2, -0.15) is 5.10 Å². The molecule has 4 nitrogen and oxygen atoms in total. The number of aromatic nitrogens is 3. The number of anilines is 1. The summed E-state index contributed by atoms with van der Waals surface area (Å²) in [6.07, 6.45) is 1.61. The first-order chi connectivity index (χ1) is 9.19. The molecule has 0 aliphatic carbocycles. The summed E-state index contributed by atoms with van der Waals surface area (Å²) in [5.41, 5.74) is 2.16. The normalized spacial score (nSPS) is 10.9. The van der Waals surface area contributed by atoms with Crippen molar-refractivity contribution in [2.75, 3.05) is 5.32 Å². The molecule has 0 saturated carbocycles. The Morgan fingerprint density at radius 2 is 2.21 bits per heavy atom. The lowest BCUT2D eigenvalue weighted by molar-refractivity contribution is 0.468. The fraction of sp³-hybridized carbons (Fsp3) is 0.429. The maximum Gasteiger partial charge on any atom is 0.146 e. The van der Waals surface area contributed by atoms with Gasteiger partial charge in [-0.1, -0.05) is 26.0 Å². The van der Waals surface area contributed by atoms with Crippen LogP contribution in [0, 0.1) is 5.92 Å². The van der Waals surface area contributed by atoms with E-state index in [2.05, 4.69) is 35.3 Å². The maximum atomic E-state index is 5.83. The zero-order chi connectivity index (χ0) is 13.7. The molecule has 1 aromatic heterocycles. The standard InChI is InChI=1S/C14H19ClN4/c1-11(2)9-19-14(17-10-18-19)8-16-13-5-3-4-12(6-13)7-15/h3-6,10-11,16H,7-9H2,1-2H3. The number of rotatable bonds is 6. The Kier molecular flexibility index (Phi) is 4.80. The van der Waals surface area contributed by atoms with Crippen LogP contribution in [0.5, 0.6) is 0 Å². The van der Waals surface area contributed by atoms with Gasteiger partial charge in [0, 0.05) is 18.1 Å². The van der Waals surface area contributed by atoms with Crippen molar-refractivity contribution in [1.29, 1.82) is 0 Å². The summed E-state index contributed by atoms with van der Waals surface area (Å²) in [4.78, 5) is 4.29. The highest BCUT2D eigenvalue weighted by Gasteiger charge is 2.06. The molecule has 0 fully saturated rings. The van der Waals surface area contributed by atoms with Gasteiger partial charge in [-0.25, -0.2) is 9.67 Å². The molecule has 0 aliphatic rings. The van der Waals surface area contributed by atoms with Gasteiger partial charge < -0.3 is 5.32 Å². The van der Waals surface area contributed by atoms with Crippen molar-refractivity contribution in [1.82, 2.24) is 14.8 Å². The molecule has 0 spiro atoms. The second-order valence-electron chi connectivity index (χ2n) is 4.94. The van der Waals surface area contributed by atoms with Crippen molar-refractivity contribution in [3.05, 3.63) is 42.0 Å². The first-order valence-electron chi connectivity index (χ1n) is 6.44. The van der Waals surface area contributed by atoms with Gasteiger partial charge in [0.2, 0.25) is 0 Å². The van der Waals surface area contributed by atoms with Gasteiger partial charge in [0.05, 0.1) is 6.54 Å². The molecule has 0 radical (unpaired) electrons. The fourth-order valence-corrected chi connectivity index (χ4v) is 2.04. The van der Waals surface area contributed by atoms with Gasteiger partial charge in [-0.05, 0) is 23.6 Å². The Bertz CT molecular complexity index is 522. The second kappa shape index (κ2) is 6.57. The Morgan fingerprint density at radius 1 is 1.37 bits per heavy atom. The van der Waals surface area contributed by atoms with Crippen molar-refractivity contribution >= 4 is 17.3 Å². The average molecular weight is 279 g/mol. The summed E-state index contributed by atoms with van der Waals surface area (Å²) in [6.45, 7) is 5.89. The Hall–Kier alpha value is -1.55. The molecule has 1 N–H and O–H groups in total. The van der Waals surface area contributed by atoms with Crippen molar-refractivity contribution in [2.45, 2.75) is 32.8 Å². The van der Waals surface area contributed by atoms with Gasteiger partial charge in [-0.15, -0.1) is 11.6 Å². The first kappa shape index (κ1) is 13.9. The zero-order valence-electron chi connectivity index (χ0n) is 11.3. The predicted molar refractivity (Wildman–Crippen MR) is 78.2 cm³/mol. The van der Waals surface area contributed by atoms with Crippen LogP contribution in [-0.4, -0.2) is 14.8 Å². The van der Waals surface area contributed by atoms with Crippen LogP contribution in [0.1, 0.15) is 25.2 Å². The molecule has 19 heavy (non-hydrogen) atoms. The molecular formula is C14H19ClN4.